The van der Waals surface area contributed by atoms with Gasteiger partial charge in [-0.2, -0.15) is 0 Å². The maximum absolute atomic E-state index is 12.4. The van der Waals surface area contributed by atoms with Crippen LogP contribution in [0.2, 0.25) is 0 Å². The monoisotopic (exact) mass is 365 g/mol. The average Bonchev–Trinajstić information content (AvgIpc) is 2.47. The van der Waals surface area contributed by atoms with Gasteiger partial charge in [-0.25, -0.2) is 0 Å². The molecule has 0 spiro atoms. The average molecular weight is 366 g/mol. The van der Waals surface area contributed by atoms with E-state index < -0.39 is 0 Å². The molecule has 0 radical (unpaired) electrons. The van der Waals surface area contributed by atoms with Crippen molar-refractivity contribution in [2.45, 2.75) is 20.3 Å². The van der Waals surface area contributed by atoms with Gasteiger partial charge in [0.05, 0.1) is 19.2 Å². The third-order valence-corrected chi connectivity index (χ3v) is 4.14. The number of halogens is 1. The molecule has 0 bridgehead atoms. The first-order chi connectivity index (χ1) is 10.3. The molecule has 1 aromatic heterocycles. The van der Waals surface area contributed by atoms with Crippen molar-refractivity contribution in [2.24, 2.45) is 0 Å². The second-order valence-corrected chi connectivity index (χ2v) is 5.79. The van der Waals surface area contributed by atoms with Crippen LogP contribution >= 0.6 is 15.9 Å². The fourth-order valence-corrected chi connectivity index (χ4v) is 2.60. The van der Waals surface area contributed by atoms with Crippen LogP contribution in [0.25, 0.3) is 5.69 Å². The lowest BCUT2D eigenvalue weighted by Gasteiger charge is -2.15. The second kappa shape index (κ2) is 6.36. The lowest BCUT2D eigenvalue weighted by molar-refractivity contribution is -0.139. The third kappa shape index (κ3) is 3.06. The first-order valence-corrected chi connectivity index (χ1v) is 7.42. The number of methoxy groups -OCH3 is 1. The number of hydrogen-bond acceptors (Lipinski definition) is 4. The van der Waals surface area contributed by atoms with Gasteiger partial charge in [-0.15, -0.1) is 0 Å². The Kier molecular flexibility index (Phi) is 4.71. The lowest BCUT2D eigenvalue weighted by atomic mass is 10.1. The molecule has 1 heterocycles. The standard InChI is InChI=1S/C16H16BrNO4/c1-9-6-11(8-14(20)22-3)4-5-12(9)18-10(2)7-13(19)15(17)16(18)21/h4-7,19H,8H2,1-3H3. The van der Waals surface area contributed by atoms with Crippen LogP contribution in [0.4, 0.5) is 0 Å². The largest absolute Gasteiger partial charge is 0.506 e. The predicted molar refractivity (Wildman–Crippen MR) is 86.6 cm³/mol. The Bertz CT molecular complexity index is 795. The Labute approximate surface area is 136 Å². The summed E-state index contributed by atoms with van der Waals surface area (Å²) in [6.07, 6.45) is 0.185. The minimum atomic E-state index is -0.332. The van der Waals surface area contributed by atoms with Crippen molar-refractivity contribution in [1.29, 1.82) is 0 Å². The van der Waals surface area contributed by atoms with E-state index in [0.717, 1.165) is 11.1 Å². The zero-order valence-corrected chi connectivity index (χ0v) is 14.1. The molecule has 116 valence electrons. The van der Waals surface area contributed by atoms with Gasteiger partial charge in [-0.1, -0.05) is 12.1 Å². The van der Waals surface area contributed by atoms with E-state index in [1.807, 2.05) is 13.0 Å². The van der Waals surface area contributed by atoms with Crippen molar-refractivity contribution in [2.75, 3.05) is 7.11 Å². The molecule has 1 aromatic carbocycles. The zero-order valence-electron chi connectivity index (χ0n) is 12.5. The maximum atomic E-state index is 12.4. The van der Waals surface area contributed by atoms with Crippen molar-refractivity contribution >= 4 is 21.9 Å². The minimum absolute atomic E-state index is 0.0845. The van der Waals surface area contributed by atoms with Crippen LogP contribution in [0.3, 0.4) is 0 Å². The molecule has 0 aliphatic carbocycles. The molecule has 0 aliphatic heterocycles. The molecule has 2 rings (SSSR count). The van der Waals surface area contributed by atoms with Crippen molar-refractivity contribution in [3.8, 4) is 11.4 Å². The van der Waals surface area contributed by atoms with Crippen LogP contribution in [0.15, 0.2) is 33.5 Å². The molecule has 0 amide bonds. The number of hydrogen-bond donors (Lipinski definition) is 1. The molecule has 0 fully saturated rings. The molecule has 22 heavy (non-hydrogen) atoms. The number of rotatable bonds is 3. The molecule has 0 unspecified atom stereocenters. The van der Waals surface area contributed by atoms with Crippen LogP contribution in [0.5, 0.6) is 5.75 Å². The van der Waals surface area contributed by atoms with Crippen molar-refractivity contribution < 1.29 is 14.6 Å². The fourth-order valence-electron chi connectivity index (χ4n) is 2.31. The van der Waals surface area contributed by atoms with Crippen molar-refractivity contribution in [1.82, 2.24) is 4.57 Å². The summed E-state index contributed by atoms with van der Waals surface area (Å²) in [4.78, 5) is 23.7. The molecular weight excluding hydrogens is 350 g/mol. The second-order valence-electron chi connectivity index (χ2n) is 5.00. The van der Waals surface area contributed by atoms with E-state index in [1.54, 1.807) is 19.1 Å². The maximum Gasteiger partial charge on any atom is 0.309 e. The van der Waals surface area contributed by atoms with E-state index in [0.29, 0.717) is 11.4 Å². The Balaban J connectivity index is 2.54. The number of carbonyl (C=O) groups excluding carboxylic acids is 1. The van der Waals surface area contributed by atoms with Gasteiger partial charge in [0, 0.05) is 11.8 Å². The molecule has 0 atom stereocenters. The normalized spacial score (nSPS) is 10.5. The van der Waals surface area contributed by atoms with Gasteiger partial charge in [-0.3, -0.25) is 14.2 Å². The van der Waals surface area contributed by atoms with Crippen LogP contribution in [-0.2, 0) is 16.0 Å². The predicted octanol–water partition coefficient (Wildman–Crippen LogP) is 2.64. The van der Waals surface area contributed by atoms with E-state index in [-0.39, 0.29) is 28.2 Å². The van der Waals surface area contributed by atoms with Crippen LogP contribution < -0.4 is 5.56 Å². The van der Waals surface area contributed by atoms with Gasteiger partial charge in [0.15, 0.2) is 0 Å². The number of benzene rings is 1. The number of ether oxygens (including phenoxy) is 1. The summed E-state index contributed by atoms with van der Waals surface area (Å²) in [5, 5.41) is 9.68. The van der Waals surface area contributed by atoms with Gasteiger partial charge in [0.25, 0.3) is 5.56 Å². The zero-order chi connectivity index (χ0) is 16.4. The minimum Gasteiger partial charge on any atom is -0.506 e. The van der Waals surface area contributed by atoms with Gasteiger partial charge in [-0.05, 0) is 47.0 Å². The molecule has 2 aromatic rings. The number of aromatic hydroxyl groups is 1. The van der Waals surface area contributed by atoms with Crippen LogP contribution in [-0.4, -0.2) is 22.8 Å². The Morgan fingerprint density at radius 3 is 2.59 bits per heavy atom. The van der Waals surface area contributed by atoms with E-state index in [4.69, 9.17) is 0 Å². The molecule has 0 saturated carbocycles. The lowest BCUT2D eigenvalue weighted by Crippen LogP contribution is -2.22. The number of aryl methyl sites for hydroxylation is 2. The molecule has 1 N–H and O–H groups in total. The summed E-state index contributed by atoms with van der Waals surface area (Å²) in [6, 6.07) is 6.93. The third-order valence-electron chi connectivity index (χ3n) is 3.39. The summed E-state index contributed by atoms with van der Waals surface area (Å²) >= 11 is 3.10. The number of pyridine rings is 1. The van der Waals surface area contributed by atoms with Gasteiger partial charge < -0.3 is 9.84 Å². The summed E-state index contributed by atoms with van der Waals surface area (Å²) in [5.41, 5.74) is 2.66. The summed E-state index contributed by atoms with van der Waals surface area (Å²) in [6.45, 7) is 3.61. The highest BCUT2D eigenvalue weighted by atomic mass is 79.9. The van der Waals surface area contributed by atoms with Crippen LogP contribution in [0, 0.1) is 13.8 Å². The quantitative estimate of drug-likeness (QED) is 0.848. The van der Waals surface area contributed by atoms with Crippen molar-refractivity contribution in [3.63, 3.8) is 0 Å². The summed E-state index contributed by atoms with van der Waals surface area (Å²) < 4.78 is 6.28. The fraction of sp³-hybridized carbons (Fsp3) is 0.250. The van der Waals surface area contributed by atoms with Crippen LogP contribution in [0.1, 0.15) is 16.8 Å². The van der Waals surface area contributed by atoms with Gasteiger partial charge in [0.1, 0.15) is 10.2 Å². The Hall–Kier alpha value is -2.08. The summed E-state index contributed by atoms with van der Waals surface area (Å²) in [5.74, 6) is -0.397. The van der Waals surface area contributed by atoms with Gasteiger partial charge >= 0.3 is 5.97 Å². The SMILES string of the molecule is COC(=O)Cc1ccc(-n2c(C)cc(O)c(Br)c2=O)c(C)c1. The van der Waals surface area contributed by atoms with Crippen molar-refractivity contribution in [3.05, 3.63) is 55.9 Å². The molecule has 6 heteroatoms. The number of nitrogens with zero attached hydrogens (tertiary/aromatic N) is 1. The molecular formula is C16H16BrNO4. The van der Waals surface area contributed by atoms with E-state index in [9.17, 15) is 14.7 Å². The number of carbonyl (C=O) groups is 1. The molecule has 0 aliphatic rings. The number of aromatic nitrogens is 1. The summed E-state index contributed by atoms with van der Waals surface area (Å²) in [7, 11) is 1.35. The highest BCUT2D eigenvalue weighted by Crippen LogP contribution is 2.24. The van der Waals surface area contributed by atoms with Gasteiger partial charge in [0.2, 0.25) is 0 Å². The first-order valence-electron chi connectivity index (χ1n) is 6.63. The number of esters is 1. The smallest absolute Gasteiger partial charge is 0.309 e. The first kappa shape index (κ1) is 16.3. The topological polar surface area (TPSA) is 68.5 Å². The Morgan fingerprint density at radius 2 is 2.00 bits per heavy atom. The van der Waals surface area contributed by atoms with E-state index in [1.165, 1.54) is 17.7 Å². The highest BCUT2D eigenvalue weighted by molar-refractivity contribution is 9.10. The van der Waals surface area contributed by atoms with E-state index >= 15 is 0 Å². The van der Waals surface area contributed by atoms with E-state index in [2.05, 4.69) is 20.7 Å². The Morgan fingerprint density at radius 1 is 1.32 bits per heavy atom. The molecule has 5 nitrogen and oxygen atoms in total. The molecule has 0 saturated heterocycles. The highest BCUT2D eigenvalue weighted by Gasteiger charge is 2.14.